The van der Waals surface area contributed by atoms with Crippen molar-refractivity contribution in [2.24, 2.45) is 0 Å². The molecule has 1 aliphatic carbocycles. The van der Waals surface area contributed by atoms with Crippen LogP contribution in [0, 0.1) is 6.07 Å². The van der Waals surface area contributed by atoms with Gasteiger partial charge in [-0.15, -0.1) is 35.4 Å². The first-order valence-corrected chi connectivity index (χ1v) is 17.0. The molecule has 0 bridgehead atoms. The maximum atomic E-state index is 11.0. The van der Waals surface area contributed by atoms with Crippen LogP contribution in [0.2, 0.25) is 0 Å². The third kappa shape index (κ3) is 5.29. The molecule has 8 aromatic rings. The summed E-state index contributed by atoms with van der Waals surface area (Å²) in [5.41, 5.74) is 12.7. The first-order chi connectivity index (χ1) is 24.8. The molecule has 0 aliphatic heterocycles. The van der Waals surface area contributed by atoms with E-state index in [1.807, 2.05) is 42.5 Å². The van der Waals surface area contributed by atoms with Gasteiger partial charge >= 0.3 is 0 Å². The Morgan fingerprint density at radius 2 is 1.42 bits per heavy atom. The van der Waals surface area contributed by atoms with Crippen LogP contribution >= 0.6 is 0 Å². The van der Waals surface area contributed by atoms with Gasteiger partial charge in [0, 0.05) is 38.5 Å². The van der Waals surface area contributed by atoms with Crippen LogP contribution in [0.1, 0.15) is 48.7 Å². The number of hydrogen-bond acceptors (Lipinski definition) is 6. The van der Waals surface area contributed by atoms with Crippen molar-refractivity contribution in [1.82, 2.24) is 20.3 Å². The van der Waals surface area contributed by atoms with E-state index >= 15 is 0 Å². The number of fused-ring (bicyclic) bond motifs is 4. The SMILES string of the molecule is CC(C)(C)c1ccc2c(c1)C(c1[c-]c(-c3nccc4nonc34)ccc1)(c1cccc(-c3ccccc3O)n1)c1cc(-c3ccccc3)ccc1-2.[Pt]. The molecule has 5 aromatic carbocycles. The summed E-state index contributed by atoms with van der Waals surface area (Å²) in [4.78, 5) is 10.2. The second kappa shape index (κ2) is 12.8. The van der Waals surface area contributed by atoms with Crippen molar-refractivity contribution in [2.45, 2.75) is 31.6 Å². The van der Waals surface area contributed by atoms with Gasteiger partial charge in [0.1, 0.15) is 16.8 Å². The minimum atomic E-state index is -0.900. The van der Waals surface area contributed by atoms with Crippen molar-refractivity contribution < 1.29 is 30.8 Å². The first-order valence-electron chi connectivity index (χ1n) is 17.0. The molecule has 3 heterocycles. The quantitative estimate of drug-likeness (QED) is 0.174. The van der Waals surface area contributed by atoms with Gasteiger partial charge in [-0.1, -0.05) is 110 Å². The van der Waals surface area contributed by atoms with Gasteiger partial charge in [0.25, 0.3) is 0 Å². The van der Waals surface area contributed by atoms with Gasteiger partial charge in [-0.25, -0.2) is 4.63 Å². The zero-order valence-electron chi connectivity index (χ0n) is 28.7. The van der Waals surface area contributed by atoms with Crippen molar-refractivity contribution in [1.29, 1.82) is 0 Å². The summed E-state index contributed by atoms with van der Waals surface area (Å²) in [6, 6.07) is 49.4. The molecule has 256 valence electrons. The van der Waals surface area contributed by atoms with Gasteiger partial charge in [-0.3, -0.25) is 4.98 Å². The number of hydrogen-bond donors (Lipinski definition) is 1. The number of phenols is 1. The Morgan fingerprint density at radius 1 is 0.673 bits per heavy atom. The molecule has 0 fully saturated rings. The van der Waals surface area contributed by atoms with Gasteiger partial charge < -0.3 is 10.1 Å². The van der Waals surface area contributed by atoms with Gasteiger partial charge in [-0.2, -0.15) is 0 Å². The van der Waals surface area contributed by atoms with Crippen LogP contribution in [-0.2, 0) is 31.9 Å². The largest absolute Gasteiger partial charge is 0.507 e. The molecule has 0 amide bonds. The van der Waals surface area contributed by atoms with Gasteiger partial charge in [0.2, 0.25) is 0 Å². The summed E-state index contributed by atoms with van der Waals surface area (Å²) >= 11 is 0. The molecule has 0 saturated heterocycles. The Balaban J connectivity index is 0.00000387. The molecular formula is C45H33N4O2Pt-. The van der Waals surface area contributed by atoms with Crippen molar-refractivity contribution >= 4 is 11.0 Å². The van der Waals surface area contributed by atoms with E-state index in [2.05, 4.69) is 116 Å². The molecule has 0 radical (unpaired) electrons. The number of pyridine rings is 2. The van der Waals surface area contributed by atoms with E-state index in [1.165, 1.54) is 5.56 Å². The van der Waals surface area contributed by atoms with Crippen LogP contribution in [0.5, 0.6) is 5.75 Å². The molecule has 1 atom stereocenters. The number of para-hydroxylation sites is 1. The van der Waals surface area contributed by atoms with Crippen LogP contribution in [0.4, 0.5) is 0 Å². The van der Waals surface area contributed by atoms with Crippen molar-refractivity contribution in [3.63, 3.8) is 0 Å². The molecular weight excluding hydrogens is 824 g/mol. The summed E-state index contributed by atoms with van der Waals surface area (Å²) < 4.78 is 5.12. The average Bonchev–Trinajstić information content (AvgIpc) is 3.76. The van der Waals surface area contributed by atoms with Gasteiger partial charge in [0.15, 0.2) is 0 Å². The van der Waals surface area contributed by atoms with E-state index in [1.54, 1.807) is 18.3 Å². The molecule has 0 saturated carbocycles. The molecule has 7 heteroatoms. The Bertz CT molecular complexity index is 2610. The maximum absolute atomic E-state index is 11.0. The number of aromatic nitrogens is 4. The van der Waals surface area contributed by atoms with Crippen LogP contribution < -0.4 is 0 Å². The summed E-state index contributed by atoms with van der Waals surface area (Å²) in [6.07, 6.45) is 1.72. The molecule has 6 nitrogen and oxygen atoms in total. The van der Waals surface area contributed by atoms with E-state index in [0.29, 0.717) is 28.0 Å². The molecule has 3 aromatic heterocycles. The summed E-state index contributed by atoms with van der Waals surface area (Å²) in [6.45, 7) is 6.73. The van der Waals surface area contributed by atoms with Crippen molar-refractivity contribution in [3.05, 3.63) is 174 Å². The van der Waals surface area contributed by atoms with Gasteiger partial charge in [0.05, 0.1) is 16.8 Å². The van der Waals surface area contributed by atoms with E-state index in [-0.39, 0.29) is 32.2 Å². The van der Waals surface area contributed by atoms with E-state index in [4.69, 9.17) is 14.6 Å². The predicted molar refractivity (Wildman–Crippen MR) is 200 cm³/mol. The zero-order valence-corrected chi connectivity index (χ0v) is 31.0. The van der Waals surface area contributed by atoms with E-state index < -0.39 is 5.41 Å². The van der Waals surface area contributed by atoms with Gasteiger partial charge in [-0.05, 0) is 80.8 Å². The fourth-order valence-electron chi connectivity index (χ4n) is 7.52. The second-order valence-corrected chi connectivity index (χ2v) is 14.1. The standard InChI is InChI=1S/C45H33N4O2.Pt/c1-44(2,3)31-20-22-34-33-21-19-29(28-11-5-4-6-12-28)26-36(33)45(37(34)27-31,41-18-10-16-38(47-41)35-15-7-8-17-40(35)50)32-14-9-13-30(25-32)42-43-39(23-24-46-42)48-51-49-43;/h4-24,26-27,50H,1-3H3;/q-1;. The Morgan fingerprint density at radius 3 is 2.23 bits per heavy atom. The molecule has 9 rings (SSSR count). The number of aromatic hydroxyl groups is 1. The summed E-state index contributed by atoms with van der Waals surface area (Å²) in [7, 11) is 0. The Kier molecular flexibility index (Phi) is 8.23. The summed E-state index contributed by atoms with van der Waals surface area (Å²) in [5.74, 6) is 0.179. The fraction of sp³-hybridized carbons (Fsp3) is 0.111. The maximum Gasteiger partial charge on any atom is 0.129 e. The second-order valence-electron chi connectivity index (χ2n) is 14.1. The average molecular weight is 857 g/mol. The number of rotatable bonds is 5. The van der Waals surface area contributed by atoms with Crippen LogP contribution in [0.25, 0.3) is 55.8 Å². The van der Waals surface area contributed by atoms with Crippen LogP contribution in [0.15, 0.2) is 144 Å². The molecule has 1 N–H and O–H groups in total. The smallest absolute Gasteiger partial charge is 0.129 e. The first kappa shape index (κ1) is 33.4. The van der Waals surface area contributed by atoms with Crippen LogP contribution in [0.3, 0.4) is 0 Å². The predicted octanol–water partition coefficient (Wildman–Crippen LogP) is 10.2. The molecule has 0 spiro atoms. The number of nitrogens with zero attached hydrogens (tertiary/aromatic N) is 4. The molecule has 1 unspecified atom stereocenters. The Hall–Kier alpha value is -5.71. The third-order valence-corrected chi connectivity index (χ3v) is 10.1. The minimum absolute atomic E-state index is 0. The fourth-order valence-corrected chi connectivity index (χ4v) is 7.52. The molecule has 1 aliphatic rings. The normalized spacial score (nSPS) is 14.8. The van der Waals surface area contributed by atoms with Crippen LogP contribution in [-0.4, -0.2) is 25.4 Å². The zero-order chi connectivity index (χ0) is 34.7. The monoisotopic (exact) mass is 856 g/mol. The van der Waals surface area contributed by atoms with Crippen molar-refractivity contribution in [3.8, 4) is 50.5 Å². The van der Waals surface area contributed by atoms with Crippen molar-refractivity contribution in [2.75, 3.05) is 0 Å². The third-order valence-electron chi connectivity index (χ3n) is 10.1. The Labute approximate surface area is 316 Å². The van der Waals surface area contributed by atoms with E-state index in [9.17, 15) is 5.11 Å². The number of phenolic OH excluding ortho intramolecular Hbond substituents is 1. The minimum Gasteiger partial charge on any atom is -0.507 e. The number of benzene rings is 5. The summed E-state index contributed by atoms with van der Waals surface area (Å²) in [5, 5.41) is 19.2. The van der Waals surface area contributed by atoms with E-state index in [0.717, 1.165) is 50.2 Å². The molecule has 52 heavy (non-hydrogen) atoms. The topological polar surface area (TPSA) is 84.9 Å².